The minimum absolute atomic E-state index is 0. The molecule has 2 heterocycles. The SMILES string of the molecule is CN=C(NCc1ccccc1CN(C)Cc1ccco1)NCC1(C)CCCS1.I. The van der Waals surface area contributed by atoms with Crippen LogP contribution in [-0.2, 0) is 19.6 Å². The van der Waals surface area contributed by atoms with Crippen LogP contribution in [0.1, 0.15) is 36.7 Å². The van der Waals surface area contributed by atoms with E-state index in [1.165, 1.54) is 29.7 Å². The summed E-state index contributed by atoms with van der Waals surface area (Å²) in [5.41, 5.74) is 2.61. The van der Waals surface area contributed by atoms with Crippen molar-refractivity contribution in [3.05, 3.63) is 59.5 Å². The van der Waals surface area contributed by atoms with E-state index in [-0.39, 0.29) is 24.0 Å². The van der Waals surface area contributed by atoms with Crippen molar-refractivity contribution in [2.24, 2.45) is 4.99 Å². The van der Waals surface area contributed by atoms with Crippen molar-refractivity contribution in [1.29, 1.82) is 0 Å². The highest BCUT2D eigenvalue weighted by Crippen LogP contribution is 2.36. The van der Waals surface area contributed by atoms with Crippen molar-refractivity contribution in [3.63, 3.8) is 0 Å². The largest absolute Gasteiger partial charge is 0.468 e. The number of furan rings is 1. The number of thioether (sulfide) groups is 1. The Balaban J connectivity index is 0.00000300. The molecular weight excluding hydrogens is 495 g/mol. The molecule has 2 aromatic rings. The van der Waals surface area contributed by atoms with Crippen molar-refractivity contribution < 1.29 is 4.42 Å². The summed E-state index contributed by atoms with van der Waals surface area (Å²) in [6.45, 7) is 5.72. The predicted octanol–water partition coefficient (Wildman–Crippen LogP) is 4.48. The molecule has 7 heteroatoms. The summed E-state index contributed by atoms with van der Waals surface area (Å²) in [4.78, 5) is 6.66. The maximum atomic E-state index is 5.46. The Morgan fingerprint density at radius 3 is 2.62 bits per heavy atom. The van der Waals surface area contributed by atoms with Gasteiger partial charge in [-0.1, -0.05) is 24.3 Å². The van der Waals surface area contributed by atoms with E-state index in [0.29, 0.717) is 4.75 Å². The van der Waals surface area contributed by atoms with Crippen LogP contribution < -0.4 is 10.6 Å². The van der Waals surface area contributed by atoms with E-state index in [9.17, 15) is 0 Å². The molecular formula is C22H33IN4OS. The van der Waals surface area contributed by atoms with Gasteiger partial charge in [-0.05, 0) is 55.8 Å². The zero-order chi connectivity index (χ0) is 19.8. The Kier molecular flexibility index (Phi) is 9.85. The van der Waals surface area contributed by atoms with Crippen molar-refractivity contribution in [1.82, 2.24) is 15.5 Å². The Bertz CT molecular complexity index is 760. The first-order chi connectivity index (χ1) is 13.6. The van der Waals surface area contributed by atoms with Gasteiger partial charge in [-0.15, -0.1) is 24.0 Å². The summed E-state index contributed by atoms with van der Waals surface area (Å²) in [6, 6.07) is 12.5. The molecule has 29 heavy (non-hydrogen) atoms. The van der Waals surface area contributed by atoms with Gasteiger partial charge in [-0.2, -0.15) is 11.8 Å². The summed E-state index contributed by atoms with van der Waals surface area (Å²) in [5.74, 6) is 3.12. The normalized spacial score (nSPS) is 19.2. The van der Waals surface area contributed by atoms with E-state index < -0.39 is 0 Å². The fourth-order valence-corrected chi connectivity index (χ4v) is 4.79. The zero-order valence-corrected chi connectivity index (χ0v) is 20.8. The van der Waals surface area contributed by atoms with Crippen molar-refractivity contribution in [2.45, 2.75) is 44.1 Å². The first-order valence-electron chi connectivity index (χ1n) is 9.94. The third-order valence-electron chi connectivity index (χ3n) is 5.16. The van der Waals surface area contributed by atoms with Gasteiger partial charge in [0, 0.05) is 31.4 Å². The second-order valence-corrected chi connectivity index (χ2v) is 9.38. The monoisotopic (exact) mass is 528 g/mol. The molecule has 1 fully saturated rings. The van der Waals surface area contributed by atoms with Gasteiger partial charge in [-0.3, -0.25) is 9.89 Å². The summed E-state index contributed by atoms with van der Waals surface area (Å²) in [5, 5.41) is 6.99. The number of hydrogen-bond donors (Lipinski definition) is 2. The maximum Gasteiger partial charge on any atom is 0.191 e. The Labute approximate surface area is 196 Å². The van der Waals surface area contributed by atoms with Gasteiger partial charge in [0.25, 0.3) is 0 Å². The highest BCUT2D eigenvalue weighted by molar-refractivity contribution is 14.0. The van der Waals surface area contributed by atoms with Gasteiger partial charge in [0.15, 0.2) is 5.96 Å². The van der Waals surface area contributed by atoms with Crippen LogP contribution in [0.2, 0.25) is 0 Å². The average Bonchev–Trinajstić information content (AvgIpc) is 3.35. The van der Waals surface area contributed by atoms with Crippen LogP contribution in [-0.4, -0.2) is 42.0 Å². The lowest BCUT2D eigenvalue weighted by Crippen LogP contribution is -2.43. The summed E-state index contributed by atoms with van der Waals surface area (Å²) < 4.78 is 5.79. The third-order valence-corrected chi connectivity index (χ3v) is 6.70. The van der Waals surface area contributed by atoms with E-state index in [2.05, 4.69) is 70.5 Å². The molecule has 2 N–H and O–H groups in total. The number of nitrogens with zero attached hydrogens (tertiary/aromatic N) is 2. The number of halogens is 1. The van der Waals surface area contributed by atoms with Crippen LogP contribution in [0, 0.1) is 0 Å². The average molecular weight is 529 g/mol. The number of benzene rings is 1. The number of hydrogen-bond acceptors (Lipinski definition) is 4. The Morgan fingerprint density at radius 2 is 1.97 bits per heavy atom. The van der Waals surface area contributed by atoms with E-state index in [4.69, 9.17) is 4.42 Å². The molecule has 160 valence electrons. The zero-order valence-electron chi connectivity index (χ0n) is 17.6. The Hall–Kier alpha value is -1.19. The third kappa shape index (κ3) is 7.53. The lowest BCUT2D eigenvalue weighted by atomic mass is 10.1. The van der Waals surface area contributed by atoms with Crippen LogP contribution in [0.3, 0.4) is 0 Å². The minimum atomic E-state index is 0. The summed E-state index contributed by atoms with van der Waals surface area (Å²) in [6.07, 6.45) is 4.31. The molecule has 1 aromatic heterocycles. The summed E-state index contributed by atoms with van der Waals surface area (Å²) in [7, 11) is 3.95. The Morgan fingerprint density at radius 1 is 1.17 bits per heavy atom. The molecule has 5 nitrogen and oxygen atoms in total. The van der Waals surface area contributed by atoms with Gasteiger partial charge in [0.2, 0.25) is 0 Å². The molecule has 0 saturated carbocycles. The van der Waals surface area contributed by atoms with E-state index in [1.807, 2.05) is 19.2 Å². The smallest absolute Gasteiger partial charge is 0.191 e. The van der Waals surface area contributed by atoms with Crippen LogP contribution in [0.4, 0.5) is 0 Å². The van der Waals surface area contributed by atoms with Crippen molar-refractivity contribution in [3.8, 4) is 0 Å². The minimum Gasteiger partial charge on any atom is -0.468 e. The number of aliphatic imine (C=N–C) groups is 1. The highest BCUT2D eigenvalue weighted by atomic mass is 127. The molecule has 0 amide bonds. The first-order valence-corrected chi connectivity index (χ1v) is 10.9. The molecule has 1 aliphatic rings. The summed E-state index contributed by atoms with van der Waals surface area (Å²) >= 11 is 2.06. The molecule has 0 bridgehead atoms. The first kappa shape index (κ1) is 24.1. The van der Waals surface area contributed by atoms with E-state index in [1.54, 1.807) is 6.26 Å². The number of nitrogens with one attached hydrogen (secondary N) is 2. The molecule has 1 aliphatic heterocycles. The van der Waals surface area contributed by atoms with Gasteiger partial charge >= 0.3 is 0 Å². The molecule has 1 unspecified atom stereocenters. The van der Waals surface area contributed by atoms with E-state index in [0.717, 1.165) is 37.9 Å². The van der Waals surface area contributed by atoms with Crippen molar-refractivity contribution in [2.75, 3.05) is 26.4 Å². The molecule has 0 radical (unpaired) electrons. The standard InChI is InChI=1S/C22H32N4OS.HI/c1-22(11-7-13-28-22)17-25-21(23-2)24-14-18-8-4-5-9-19(18)15-26(3)16-20-10-6-12-27-20;/h4-6,8-10,12H,7,11,13-17H2,1-3H3,(H2,23,24,25);1H. The topological polar surface area (TPSA) is 52.8 Å². The second-order valence-electron chi connectivity index (χ2n) is 7.70. The van der Waals surface area contributed by atoms with Gasteiger partial charge < -0.3 is 15.1 Å². The van der Waals surface area contributed by atoms with Crippen LogP contribution >= 0.6 is 35.7 Å². The maximum absolute atomic E-state index is 5.46. The van der Waals surface area contributed by atoms with Gasteiger partial charge in [0.1, 0.15) is 5.76 Å². The predicted molar refractivity (Wildman–Crippen MR) is 134 cm³/mol. The molecule has 1 saturated heterocycles. The fourth-order valence-electron chi connectivity index (χ4n) is 3.55. The van der Waals surface area contributed by atoms with Crippen LogP contribution in [0.25, 0.3) is 0 Å². The second kappa shape index (κ2) is 11.9. The number of guanidine groups is 1. The van der Waals surface area contributed by atoms with Gasteiger partial charge in [0.05, 0.1) is 12.8 Å². The van der Waals surface area contributed by atoms with Crippen LogP contribution in [0.5, 0.6) is 0 Å². The molecule has 0 spiro atoms. The molecule has 0 aliphatic carbocycles. The molecule has 1 atom stereocenters. The highest BCUT2D eigenvalue weighted by Gasteiger charge is 2.29. The number of rotatable bonds is 8. The van der Waals surface area contributed by atoms with Crippen molar-refractivity contribution >= 4 is 41.7 Å². The van der Waals surface area contributed by atoms with Gasteiger partial charge in [-0.25, -0.2) is 0 Å². The lowest BCUT2D eigenvalue weighted by molar-refractivity contribution is 0.287. The molecule has 1 aromatic carbocycles. The quantitative estimate of drug-likeness (QED) is 0.301. The van der Waals surface area contributed by atoms with E-state index >= 15 is 0 Å². The molecule has 3 rings (SSSR count). The lowest BCUT2D eigenvalue weighted by Gasteiger charge is -2.24. The van der Waals surface area contributed by atoms with Crippen LogP contribution in [0.15, 0.2) is 52.1 Å². The fraction of sp³-hybridized carbons (Fsp3) is 0.500.